The minimum atomic E-state index is -4.35. The van der Waals surface area contributed by atoms with Gasteiger partial charge in [0.25, 0.3) is 0 Å². The normalized spacial score (nSPS) is 20.6. The van der Waals surface area contributed by atoms with Crippen LogP contribution in [0.3, 0.4) is 0 Å². The van der Waals surface area contributed by atoms with Crippen LogP contribution in [0, 0.1) is 0 Å². The van der Waals surface area contributed by atoms with Crippen molar-refractivity contribution >= 4 is 5.91 Å². The highest BCUT2D eigenvalue weighted by molar-refractivity contribution is 5.78. The molecule has 1 aliphatic rings. The summed E-state index contributed by atoms with van der Waals surface area (Å²) in [4.78, 5) is 13.3. The van der Waals surface area contributed by atoms with Crippen LogP contribution in [0.5, 0.6) is 0 Å². The van der Waals surface area contributed by atoms with E-state index >= 15 is 0 Å². The molecule has 4 nitrogen and oxygen atoms in total. The lowest BCUT2D eigenvalue weighted by molar-refractivity contribution is -0.139. The van der Waals surface area contributed by atoms with Gasteiger partial charge in [-0.3, -0.25) is 9.69 Å². The molecule has 1 aliphatic heterocycles. The number of hydrogen-bond donors (Lipinski definition) is 2. The van der Waals surface area contributed by atoms with Gasteiger partial charge in [-0.2, -0.15) is 13.2 Å². The first kappa shape index (κ1) is 16.2. The molecule has 0 aromatic rings. The summed E-state index contributed by atoms with van der Waals surface area (Å²) in [5.41, 5.74) is 0. The number of rotatable bonds is 6. The minimum Gasteiger partial charge on any atom is -0.346 e. The first-order valence-corrected chi connectivity index (χ1v) is 6.70. The number of carbonyl (C=O) groups is 1. The zero-order valence-electron chi connectivity index (χ0n) is 11.2. The van der Waals surface area contributed by atoms with Gasteiger partial charge in [0.2, 0.25) is 5.91 Å². The fourth-order valence-corrected chi connectivity index (χ4v) is 2.15. The molecule has 0 radical (unpaired) electrons. The lowest BCUT2D eigenvalue weighted by Crippen LogP contribution is -2.47. The molecule has 0 saturated carbocycles. The van der Waals surface area contributed by atoms with Crippen molar-refractivity contribution in [3.8, 4) is 0 Å². The van der Waals surface area contributed by atoms with Crippen LogP contribution >= 0.6 is 0 Å². The van der Waals surface area contributed by atoms with E-state index < -0.39 is 18.6 Å². The number of nitrogens with zero attached hydrogens (tertiary/aromatic N) is 1. The summed E-state index contributed by atoms with van der Waals surface area (Å²) >= 11 is 0. The average molecular weight is 281 g/mol. The van der Waals surface area contributed by atoms with Gasteiger partial charge in [-0.25, -0.2) is 0 Å². The van der Waals surface area contributed by atoms with Gasteiger partial charge >= 0.3 is 6.18 Å². The summed E-state index contributed by atoms with van der Waals surface area (Å²) in [5, 5.41) is 5.26. The van der Waals surface area contributed by atoms with Gasteiger partial charge in [0, 0.05) is 12.6 Å². The van der Waals surface area contributed by atoms with E-state index in [9.17, 15) is 18.0 Å². The Kier molecular flexibility index (Phi) is 6.57. The van der Waals surface area contributed by atoms with Crippen LogP contribution < -0.4 is 10.6 Å². The largest absolute Gasteiger partial charge is 0.405 e. The monoisotopic (exact) mass is 281 g/mol. The van der Waals surface area contributed by atoms with Crippen molar-refractivity contribution < 1.29 is 18.0 Å². The van der Waals surface area contributed by atoms with E-state index in [1.54, 1.807) is 0 Å². The van der Waals surface area contributed by atoms with Crippen molar-refractivity contribution in [2.24, 2.45) is 0 Å². The molecule has 1 saturated heterocycles. The van der Waals surface area contributed by atoms with Crippen LogP contribution in [0.15, 0.2) is 0 Å². The molecule has 1 rings (SSSR count). The van der Waals surface area contributed by atoms with E-state index in [0.29, 0.717) is 19.1 Å². The number of likely N-dealkylation sites (N-methyl/N-ethyl adjacent to an activating group) is 1. The number of piperidine rings is 1. The second kappa shape index (κ2) is 7.69. The van der Waals surface area contributed by atoms with Crippen LogP contribution in [0.4, 0.5) is 13.2 Å². The molecule has 0 bridgehead atoms. The smallest absolute Gasteiger partial charge is 0.346 e. The Balaban J connectivity index is 2.28. The molecule has 0 aromatic carbocycles. The average Bonchev–Trinajstić information content (AvgIpc) is 2.36. The molecule has 0 aromatic heterocycles. The third-order valence-electron chi connectivity index (χ3n) is 3.19. The van der Waals surface area contributed by atoms with Crippen molar-refractivity contribution in [3.05, 3.63) is 0 Å². The predicted octanol–water partition coefficient (Wildman–Crippen LogP) is 1.13. The Hall–Kier alpha value is -0.820. The molecular weight excluding hydrogens is 259 g/mol. The van der Waals surface area contributed by atoms with Gasteiger partial charge in [-0.15, -0.1) is 0 Å². The lowest BCUT2D eigenvalue weighted by Gasteiger charge is -2.29. The number of alkyl halides is 3. The van der Waals surface area contributed by atoms with E-state index in [1.807, 2.05) is 17.1 Å². The fourth-order valence-electron chi connectivity index (χ4n) is 2.15. The fraction of sp³-hybridized carbons (Fsp3) is 0.917. The van der Waals surface area contributed by atoms with E-state index in [2.05, 4.69) is 5.32 Å². The molecule has 19 heavy (non-hydrogen) atoms. The van der Waals surface area contributed by atoms with Gasteiger partial charge < -0.3 is 10.6 Å². The second-order valence-corrected chi connectivity index (χ2v) is 4.87. The van der Waals surface area contributed by atoms with Crippen molar-refractivity contribution in [1.82, 2.24) is 15.5 Å². The molecule has 112 valence electrons. The topological polar surface area (TPSA) is 44.4 Å². The summed E-state index contributed by atoms with van der Waals surface area (Å²) in [7, 11) is 0. The quantitative estimate of drug-likeness (QED) is 0.767. The molecule has 1 unspecified atom stereocenters. The summed E-state index contributed by atoms with van der Waals surface area (Å²) in [6.07, 6.45) is -0.970. The van der Waals surface area contributed by atoms with Crippen LogP contribution in [-0.4, -0.2) is 55.7 Å². The molecule has 0 aliphatic carbocycles. The number of amides is 1. The first-order chi connectivity index (χ1) is 8.90. The van der Waals surface area contributed by atoms with Gasteiger partial charge in [-0.1, -0.05) is 13.3 Å². The highest BCUT2D eigenvalue weighted by Crippen LogP contribution is 2.12. The third-order valence-corrected chi connectivity index (χ3v) is 3.19. The highest BCUT2D eigenvalue weighted by Gasteiger charge is 2.28. The molecule has 1 atom stereocenters. The van der Waals surface area contributed by atoms with Crippen molar-refractivity contribution in [1.29, 1.82) is 0 Å². The van der Waals surface area contributed by atoms with Crippen LogP contribution in [0.25, 0.3) is 0 Å². The van der Waals surface area contributed by atoms with E-state index in [4.69, 9.17) is 0 Å². The number of hydrogen-bond acceptors (Lipinski definition) is 3. The summed E-state index contributed by atoms with van der Waals surface area (Å²) < 4.78 is 35.9. The van der Waals surface area contributed by atoms with Crippen molar-refractivity contribution in [3.63, 3.8) is 0 Å². The molecule has 7 heteroatoms. The van der Waals surface area contributed by atoms with Crippen LogP contribution in [-0.2, 0) is 4.79 Å². The van der Waals surface area contributed by atoms with Gasteiger partial charge in [0.1, 0.15) is 6.54 Å². The van der Waals surface area contributed by atoms with Crippen molar-refractivity contribution in [2.75, 3.05) is 32.7 Å². The molecule has 0 spiro atoms. The number of nitrogens with one attached hydrogen (secondary N) is 2. The molecule has 1 amide bonds. The minimum absolute atomic E-state index is 0.0186. The lowest BCUT2D eigenvalue weighted by atomic mass is 10.0. The third kappa shape index (κ3) is 7.37. The Morgan fingerprint density at radius 3 is 2.68 bits per heavy atom. The zero-order valence-corrected chi connectivity index (χ0v) is 11.2. The predicted molar refractivity (Wildman–Crippen MR) is 66.8 cm³/mol. The Labute approximate surface area is 111 Å². The molecule has 2 N–H and O–H groups in total. The van der Waals surface area contributed by atoms with E-state index in [-0.39, 0.29) is 6.54 Å². The number of carbonyl (C=O) groups excluding carboxylic acids is 1. The molecule has 1 fully saturated rings. The summed E-state index contributed by atoms with van der Waals surface area (Å²) in [6.45, 7) is 2.99. The SMILES string of the molecule is CCN(CC(=O)NCC(F)(F)F)CC1CCCCN1. The van der Waals surface area contributed by atoms with Gasteiger partial charge in [-0.05, 0) is 25.9 Å². The number of halogens is 3. The second-order valence-electron chi connectivity index (χ2n) is 4.87. The van der Waals surface area contributed by atoms with Crippen LogP contribution in [0.2, 0.25) is 0 Å². The summed E-state index contributed by atoms with van der Waals surface area (Å²) in [5.74, 6) is -0.574. The molecule has 1 heterocycles. The van der Waals surface area contributed by atoms with Gasteiger partial charge in [0.05, 0.1) is 6.54 Å². The van der Waals surface area contributed by atoms with Crippen molar-refractivity contribution in [2.45, 2.75) is 38.4 Å². The maximum Gasteiger partial charge on any atom is 0.405 e. The maximum absolute atomic E-state index is 12.0. The van der Waals surface area contributed by atoms with Gasteiger partial charge in [0.15, 0.2) is 0 Å². The molecular formula is C12H22F3N3O. The summed E-state index contributed by atoms with van der Waals surface area (Å²) in [6, 6.07) is 0.337. The standard InChI is InChI=1S/C12H22F3N3O/c1-2-18(7-10-5-3-4-6-16-10)8-11(19)17-9-12(13,14)15/h10,16H,2-9H2,1H3,(H,17,19). The Morgan fingerprint density at radius 2 is 2.16 bits per heavy atom. The Morgan fingerprint density at radius 1 is 1.42 bits per heavy atom. The maximum atomic E-state index is 12.0. The van der Waals surface area contributed by atoms with E-state index in [1.165, 1.54) is 0 Å². The van der Waals surface area contributed by atoms with E-state index in [0.717, 1.165) is 25.8 Å². The zero-order chi connectivity index (χ0) is 14.3. The highest BCUT2D eigenvalue weighted by atomic mass is 19.4. The first-order valence-electron chi connectivity index (χ1n) is 6.70. The Bertz CT molecular complexity index is 278. The van der Waals surface area contributed by atoms with Crippen LogP contribution in [0.1, 0.15) is 26.2 Å².